The highest BCUT2D eigenvalue weighted by atomic mass is 16.5. The van der Waals surface area contributed by atoms with Crippen molar-refractivity contribution < 1.29 is 43.2 Å². The number of aliphatic hydroxyl groups excluding tert-OH is 1. The summed E-state index contributed by atoms with van der Waals surface area (Å²) in [6.45, 7) is 0. The first-order chi connectivity index (χ1) is 10.8. The van der Waals surface area contributed by atoms with E-state index in [2.05, 4.69) is 18.9 Å². The second-order valence-corrected chi connectivity index (χ2v) is 4.88. The predicted molar refractivity (Wildman–Crippen MR) is 72.9 cm³/mol. The molecule has 0 amide bonds. The van der Waals surface area contributed by atoms with Crippen LogP contribution in [0.15, 0.2) is 11.3 Å². The molecule has 1 N–H and O–H groups in total. The Bertz CT molecular complexity index is 545. The smallest absolute Gasteiger partial charge is 0.337 e. The predicted octanol–water partition coefficient (Wildman–Crippen LogP) is -0.113. The topological polar surface area (TPSA) is 125 Å². The van der Waals surface area contributed by atoms with Crippen LogP contribution in [0, 0.1) is 11.3 Å². The Morgan fingerprint density at radius 1 is 0.957 bits per heavy atom. The van der Waals surface area contributed by atoms with Crippen molar-refractivity contribution in [1.29, 1.82) is 0 Å². The largest absolute Gasteiger partial charge is 0.511 e. The number of hydrogen-bond acceptors (Lipinski definition) is 9. The molecule has 0 aromatic rings. The van der Waals surface area contributed by atoms with Gasteiger partial charge < -0.3 is 24.1 Å². The van der Waals surface area contributed by atoms with Crippen LogP contribution >= 0.6 is 0 Å². The monoisotopic (exact) mass is 330 g/mol. The van der Waals surface area contributed by atoms with E-state index in [1.54, 1.807) is 0 Å². The zero-order valence-corrected chi connectivity index (χ0v) is 13.2. The Labute approximate surface area is 132 Å². The number of methoxy groups -OCH3 is 4. The molecule has 1 rings (SSSR count). The molecule has 1 atom stereocenters. The van der Waals surface area contributed by atoms with E-state index in [0.29, 0.717) is 0 Å². The minimum Gasteiger partial charge on any atom is -0.511 e. The number of hydrogen-bond donors (Lipinski definition) is 1. The van der Waals surface area contributed by atoms with Gasteiger partial charge in [0.2, 0.25) is 0 Å². The van der Waals surface area contributed by atoms with Crippen LogP contribution in [0.4, 0.5) is 0 Å². The Balaban J connectivity index is 3.53. The van der Waals surface area contributed by atoms with Crippen LogP contribution < -0.4 is 0 Å². The van der Waals surface area contributed by atoms with Gasteiger partial charge in [-0.1, -0.05) is 0 Å². The summed E-state index contributed by atoms with van der Waals surface area (Å²) in [7, 11) is 4.23. The van der Waals surface area contributed by atoms with Crippen molar-refractivity contribution >= 4 is 23.9 Å². The summed E-state index contributed by atoms with van der Waals surface area (Å²) in [6.07, 6.45) is -0.969. The highest BCUT2D eigenvalue weighted by molar-refractivity contribution is 6.04. The Morgan fingerprint density at radius 2 is 1.48 bits per heavy atom. The third kappa shape index (κ3) is 3.13. The fourth-order valence-electron chi connectivity index (χ4n) is 2.54. The van der Waals surface area contributed by atoms with Crippen LogP contribution in [0.5, 0.6) is 0 Å². The van der Waals surface area contributed by atoms with Gasteiger partial charge in [-0.05, 0) is 6.42 Å². The lowest BCUT2D eigenvalue weighted by molar-refractivity contribution is -0.172. The molecule has 0 aromatic carbocycles. The highest BCUT2D eigenvalue weighted by Gasteiger charge is 2.56. The third-order valence-corrected chi connectivity index (χ3v) is 3.74. The highest BCUT2D eigenvalue weighted by Crippen LogP contribution is 2.44. The number of esters is 4. The molecule has 0 aliphatic heterocycles. The van der Waals surface area contributed by atoms with Gasteiger partial charge in [-0.25, -0.2) is 4.79 Å². The number of carbonyl (C=O) groups excluding carboxylic acids is 4. The molecular formula is C14H18O9. The molecule has 0 saturated carbocycles. The summed E-state index contributed by atoms with van der Waals surface area (Å²) >= 11 is 0. The van der Waals surface area contributed by atoms with E-state index < -0.39 is 53.8 Å². The molecule has 9 nitrogen and oxygen atoms in total. The van der Waals surface area contributed by atoms with Crippen molar-refractivity contribution in [2.24, 2.45) is 11.3 Å². The number of ether oxygens (including phenoxy) is 4. The first-order valence-electron chi connectivity index (χ1n) is 6.54. The van der Waals surface area contributed by atoms with E-state index in [9.17, 15) is 24.3 Å². The van der Waals surface area contributed by atoms with Crippen LogP contribution in [0.25, 0.3) is 0 Å². The quantitative estimate of drug-likeness (QED) is 0.426. The molecule has 0 heterocycles. The Morgan fingerprint density at radius 3 is 1.87 bits per heavy atom. The fraction of sp³-hybridized carbons (Fsp3) is 0.571. The Hall–Kier alpha value is -2.58. The van der Waals surface area contributed by atoms with E-state index in [1.807, 2.05) is 0 Å². The van der Waals surface area contributed by atoms with E-state index in [1.165, 1.54) is 0 Å². The molecule has 128 valence electrons. The number of aliphatic hydroxyl groups is 1. The summed E-state index contributed by atoms with van der Waals surface area (Å²) < 4.78 is 18.3. The Kier molecular flexibility index (Phi) is 5.72. The van der Waals surface area contributed by atoms with Crippen LogP contribution in [0.2, 0.25) is 0 Å². The van der Waals surface area contributed by atoms with Gasteiger partial charge >= 0.3 is 23.9 Å². The second kappa shape index (κ2) is 7.12. The number of carbonyl (C=O) groups is 4. The van der Waals surface area contributed by atoms with Crippen molar-refractivity contribution in [3.8, 4) is 0 Å². The van der Waals surface area contributed by atoms with Gasteiger partial charge in [0, 0.05) is 6.42 Å². The van der Waals surface area contributed by atoms with Gasteiger partial charge in [-0.15, -0.1) is 0 Å². The average Bonchev–Trinajstić information content (AvgIpc) is 2.59. The molecule has 0 radical (unpaired) electrons. The average molecular weight is 330 g/mol. The lowest BCUT2D eigenvalue weighted by atomic mass is 9.69. The van der Waals surface area contributed by atoms with Crippen LogP contribution in [0.3, 0.4) is 0 Å². The molecule has 1 unspecified atom stereocenters. The van der Waals surface area contributed by atoms with Crippen molar-refractivity contribution in [3.05, 3.63) is 11.3 Å². The molecule has 1 aliphatic rings. The SMILES string of the molecule is COC(=O)C1=C(O)C(C(=O)OC)CC(C(=O)OC)(C(=O)OC)C1. The molecule has 0 fully saturated rings. The third-order valence-electron chi connectivity index (χ3n) is 3.74. The molecule has 23 heavy (non-hydrogen) atoms. The molecule has 0 saturated heterocycles. The van der Waals surface area contributed by atoms with Crippen LogP contribution in [-0.4, -0.2) is 57.4 Å². The summed E-state index contributed by atoms with van der Waals surface area (Å²) in [5.41, 5.74) is -2.34. The summed E-state index contributed by atoms with van der Waals surface area (Å²) in [5.74, 6) is -5.89. The van der Waals surface area contributed by atoms with Gasteiger partial charge in [0.05, 0.1) is 34.0 Å². The van der Waals surface area contributed by atoms with Crippen molar-refractivity contribution in [1.82, 2.24) is 0 Å². The fourth-order valence-corrected chi connectivity index (χ4v) is 2.54. The summed E-state index contributed by atoms with van der Waals surface area (Å²) in [4.78, 5) is 48.1. The van der Waals surface area contributed by atoms with Crippen LogP contribution in [-0.2, 0) is 38.1 Å². The molecule has 0 aromatic heterocycles. The summed E-state index contributed by atoms with van der Waals surface area (Å²) in [5, 5.41) is 10.1. The van der Waals surface area contributed by atoms with E-state index in [-0.39, 0.29) is 5.57 Å². The maximum Gasteiger partial charge on any atom is 0.337 e. The molecule has 0 bridgehead atoms. The van der Waals surface area contributed by atoms with Crippen molar-refractivity contribution in [2.45, 2.75) is 12.8 Å². The van der Waals surface area contributed by atoms with Crippen molar-refractivity contribution in [3.63, 3.8) is 0 Å². The van der Waals surface area contributed by atoms with Crippen LogP contribution in [0.1, 0.15) is 12.8 Å². The lowest BCUT2D eigenvalue weighted by Crippen LogP contribution is -2.48. The van der Waals surface area contributed by atoms with Gasteiger partial charge in [0.25, 0.3) is 0 Å². The minimum atomic E-state index is -1.96. The molecule has 1 aliphatic carbocycles. The first-order valence-corrected chi connectivity index (χ1v) is 6.54. The maximum absolute atomic E-state index is 12.2. The molecule has 0 spiro atoms. The van der Waals surface area contributed by atoms with Gasteiger partial charge in [-0.3, -0.25) is 14.4 Å². The number of rotatable bonds is 4. The van der Waals surface area contributed by atoms with Gasteiger partial charge in [0.15, 0.2) is 5.41 Å². The van der Waals surface area contributed by atoms with E-state index >= 15 is 0 Å². The summed E-state index contributed by atoms with van der Waals surface area (Å²) in [6, 6.07) is 0. The first kappa shape index (κ1) is 18.5. The van der Waals surface area contributed by atoms with E-state index in [4.69, 9.17) is 0 Å². The van der Waals surface area contributed by atoms with Gasteiger partial charge in [-0.2, -0.15) is 0 Å². The standard InChI is InChI=1S/C14H18O9/c1-20-10(16)7-5-14(12(18)22-3,13(19)23-4)6-8(9(7)15)11(17)21-2/h7,15H,5-6H2,1-4H3. The molecular weight excluding hydrogens is 312 g/mol. The van der Waals surface area contributed by atoms with E-state index in [0.717, 1.165) is 28.4 Å². The molecule has 9 heteroatoms. The van der Waals surface area contributed by atoms with Crippen molar-refractivity contribution in [2.75, 3.05) is 28.4 Å². The van der Waals surface area contributed by atoms with Gasteiger partial charge in [0.1, 0.15) is 11.7 Å². The zero-order chi connectivity index (χ0) is 17.8. The minimum absolute atomic E-state index is 0.384. The lowest BCUT2D eigenvalue weighted by Gasteiger charge is -2.35. The second-order valence-electron chi connectivity index (χ2n) is 4.88. The zero-order valence-electron chi connectivity index (χ0n) is 13.2. The normalized spacial score (nSPS) is 19.6. The maximum atomic E-state index is 12.2.